The average Bonchev–Trinajstić information content (AvgIpc) is 2.05. The van der Waals surface area contributed by atoms with Gasteiger partial charge < -0.3 is 0 Å². The van der Waals surface area contributed by atoms with Crippen molar-refractivity contribution in [1.82, 2.24) is 0 Å². The molecule has 0 bridgehead atoms. The van der Waals surface area contributed by atoms with Crippen molar-refractivity contribution in [3.05, 3.63) is 12.2 Å². The first-order valence-corrected chi connectivity index (χ1v) is 3.97. The average molecular weight is 291 g/mol. The minimum absolute atomic E-state index is 0. The van der Waals surface area contributed by atoms with Gasteiger partial charge in [0, 0.05) is 32.7 Å². The second-order valence-corrected chi connectivity index (χ2v) is 2.65. The fraction of sp³-hybridized carbons (Fsp3) is 0.375. The van der Waals surface area contributed by atoms with Crippen LogP contribution >= 0.6 is 0 Å². The molecule has 0 aliphatic rings. The van der Waals surface area contributed by atoms with Gasteiger partial charge in [-0.1, -0.05) is 0 Å². The van der Waals surface area contributed by atoms with Crippen molar-refractivity contribution in [3.8, 4) is 0 Å². The largest absolute Gasteiger partial charge is 0 e. The van der Waals surface area contributed by atoms with E-state index >= 15 is 0 Å². The summed E-state index contributed by atoms with van der Waals surface area (Å²) in [5, 5.41) is 0. The summed E-state index contributed by atoms with van der Waals surface area (Å²) < 4.78 is 5.06. The first-order valence-electron chi connectivity index (χ1n) is 3.27. The molecule has 0 rings (SSSR count). The number of allylic oxidation sites excluding steroid dienone is 2. The monoisotopic (exact) mass is 291 g/mol. The van der Waals surface area contributed by atoms with E-state index in [1.54, 1.807) is 13.0 Å². The van der Waals surface area contributed by atoms with Crippen LogP contribution in [-0.2, 0) is 59.2 Å². The maximum atomic E-state index is 10.7. The van der Waals surface area contributed by atoms with Gasteiger partial charge in [0.05, 0.1) is 0 Å². The molecule has 0 aromatic carbocycles. The molecule has 5 heteroatoms. The number of ether oxygens (including phenoxy) is 1. The molecule has 1 radical (unpaired) electrons. The number of methoxy groups -OCH3 is 1. The standard InChI is InChI=1S/C8H9NO2.V.Y/c1-3-4-6-9-7-5-8(10)11-2;;/h4H,5H2,1-2H3;;/q-2;;. The van der Waals surface area contributed by atoms with Crippen LogP contribution in [0.1, 0.15) is 13.3 Å². The molecule has 0 fully saturated rings. The second-order valence-electron chi connectivity index (χ2n) is 1.84. The van der Waals surface area contributed by atoms with Crippen LogP contribution in [0.5, 0.6) is 0 Å². The smallest absolute Gasteiger partial charge is 0 e. The second kappa shape index (κ2) is 10.5. The normalized spacial score (nSPS) is 9.92. The van der Waals surface area contributed by atoms with Crippen molar-refractivity contribution in [3.63, 3.8) is 0 Å². The van der Waals surface area contributed by atoms with Gasteiger partial charge in [-0.2, -0.15) is 0 Å². The molecule has 0 heterocycles. The van der Waals surface area contributed by atoms with Crippen molar-refractivity contribution in [2.45, 2.75) is 13.3 Å². The molecule has 0 saturated carbocycles. The predicted molar refractivity (Wildman–Crippen MR) is 42.6 cm³/mol. The van der Waals surface area contributed by atoms with Crippen molar-refractivity contribution >= 4 is 16.5 Å². The van der Waals surface area contributed by atoms with Crippen LogP contribution < -0.4 is 0 Å². The maximum absolute atomic E-state index is 10.7. The van der Waals surface area contributed by atoms with Crippen molar-refractivity contribution in [2.75, 3.05) is 7.11 Å². The number of nitrogens with zero attached hydrogens (tertiary/aromatic N) is 1. The molecule has 0 unspecified atom stereocenters. The van der Waals surface area contributed by atoms with Gasteiger partial charge >= 0.3 is 80.6 Å². The van der Waals surface area contributed by atoms with Crippen LogP contribution in [0, 0.1) is 6.08 Å². The van der Waals surface area contributed by atoms with Gasteiger partial charge in [0.25, 0.3) is 0 Å². The molecular formula is C8H9NO2VY-2. The van der Waals surface area contributed by atoms with Crippen molar-refractivity contribution < 1.29 is 59.2 Å². The molecule has 0 atom stereocenters. The number of carbonyl (C=O) groups is 1. The van der Waals surface area contributed by atoms with Crippen molar-refractivity contribution in [2.24, 2.45) is 4.99 Å². The van der Waals surface area contributed by atoms with E-state index in [0.717, 1.165) is 0 Å². The van der Waals surface area contributed by atoms with Crippen LogP contribution in [0.4, 0.5) is 0 Å². The topological polar surface area (TPSA) is 38.7 Å². The Bertz CT molecular complexity index is 226. The third-order valence-electron chi connectivity index (χ3n) is 0.933. The summed E-state index contributed by atoms with van der Waals surface area (Å²) in [7, 11) is 1.34. The molecular weight excluding hydrogens is 282 g/mol. The van der Waals surface area contributed by atoms with E-state index in [1.165, 1.54) is 7.11 Å². The van der Waals surface area contributed by atoms with Gasteiger partial charge in [0.1, 0.15) is 0 Å². The summed E-state index contributed by atoms with van der Waals surface area (Å²) >= 11 is 2.19. The Labute approximate surface area is 112 Å². The van der Waals surface area contributed by atoms with Crippen LogP contribution in [-0.4, -0.2) is 23.6 Å². The van der Waals surface area contributed by atoms with E-state index < -0.39 is 0 Å². The number of hydrogen-bond acceptors (Lipinski definition) is 3. The van der Waals surface area contributed by atoms with Gasteiger partial charge in [-0.05, 0) is 0 Å². The van der Waals surface area contributed by atoms with Gasteiger partial charge in [0.15, 0.2) is 0 Å². The summed E-state index contributed by atoms with van der Waals surface area (Å²) in [6, 6.07) is 0. The number of carbonyl (C=O) groups excluding carboxylic acids is 1. The zero-order valence-corrected chi connectivity index (χ0v) is 11.8. The Morgan fingerprint density at radius 1 is 1.69 bits per heavy atom. The molecule has 0 aliphatic carbocycles. The first-order chi connectivity index (χ1) is 5.70. The van der Waals surface area contributed by atoms with Crippen molar-refractivity contribution in [1.29, 1.82) is 0 Å². The predicted octanol–water partition coefficient (Wildman–Crippen LogP) is 0.551. The van der Waals surface area contributed by atoms with Gasteiger partial charge in [-0.15, -0.1) is 0 Å². The van der Waals surface area contributed by atoms with Gasteiger partial charge in [-0.25, -0.2) is 0 Å². The fourth-order valence-corrected chi connectivity index (χ4v) is 0.704. The Kier molecular flexibility index (Phi) is 12.9. The summed E-state index contributed by atoms with van der Waals surface area (Å²) in [6.45, 7) is 1.74. The van der Waals surface area contributed by atoms with E-state index in [9.17, 15) is 4.79 Å². The summed E-state index contributed by atoms with van der Waals surface area (Å²) in [4.78, 5) is 14.5. The Morgan fingerprint density at radius 2 is 2.31 bits per heavy atom. The van der Waals surface area contributed by atoms with E-state index in [2.05, 4.69) is 39.0 Å². The van der Waals surface area contributed by atoms with Crippen LogP contribution in [0.2, 0.25) is 0 Å². The number of hydrogen-bond donors (Lipinski definition) is 0. The van der Waals surface area contributed by atoms with E-state index in [0.29, 0.717) is 4.35 Å². The Balaban J connectivity index is 0. The fourth-order valence-electron chi connectivity index (χ4n) is 0.412. The third-order valence-corrected chi connectivity index (χ3v) is 1.34. The molecule has 0 saturated heterocycles. The number of aliphatic imine (C=N–C) groups is 1. The zero-order chi connectivity index (χ0) is 9.40. The number of esters is 1. The maximum Gasteiger partial charge on any atom is 0 e. The summed E-state index contributed by atoms with van der Waals surface area (Å²) in [6.07, 6.45) is 7.04. The molecule has 68 valence electrons. The van der Waals surface area contributed by atoms with E-state index in [1.807, 2.05) is 0 Å². The summed E-state index contributed by atoms with van der Waals surface area (Å²) in [5.41, 5.74) is 0. The van der Waals surface area contributed by atoms with Crippen LogP contribution in [0.15, 0.2) is 11.1 Å². The summed E-state index contributed by atoms with van der Waals surface area (Å²) in [5.74, 6) is -0.305. The molecule has 0 N–H and O–H groups in total. The molecule has 3 nitrogen and oxygen atoms in total. The molecule has 0 amide bonds. The van der Waals surface area contributed by atoms with E-state index in [4.69, 9.17) is 0 Å². The van der Waals surface area contributed by atoms with Crippen LogP contribution in [0.25, 0.3) is 0 Å². The Hall–Kier alpha value is 0.438. The Morgan fingerprint density at radius 3 is 2.77 bits per heavy atom. The van der Waals surface area contributed by atoms with Gasteiger partial charge in [0.2, 0.25) is 0 Å². The molecule has 0 aromatic heterocycles. The van der Waals surface area contributed by atoms with E-state index in [-0.39, 0.29) is 45.1 Å². The minimum atomic E-state index is -0.305. The first kappa shape index (κ1) is 15.9. The SMILES string of the molecule is C[C-]=C[C-]=N[C](=[V])CC(=O)OC.[Y]. The van der Waals surface area contributed by atoms with Gasteiger partial charge in [-0.3, -0.25) is 0 Å². The third kappa shape index (κ3) is 10.4. The molecule has 13 heavy (non-hydrogen) atoms. The minimum Gasteiger partial charge on any atom is 0 e. The van der Waals surface area contributed by atoms with Crippen LogP contribution in [0.3, 0.4) is 0 Å². The molecule has 0 spiro atoms. The molecule has 0 aromatic rings. The number of rotatable bonds is 4. The molecule has 0 aliphatic heterocycles. The quantitative estimate of drug-likeness (QED) is 0.431. The zero-order valence-electron chi connectivity index (χ0n) is 7.57.